The van der Waals surface area contributed by atoms with Crippen molar-refractivity contribution in [2.75, 3.05) is 10.6 Å². The highest BCUT2D eigenvalue weighted by molar-refractivity contribution is 6.08. The number of amides is 2. The lowest BCUT2D eigenvalue weighted by Crippen LogP contribution is -2.15. The van der Waals surface area contributed by atoms with Crippen molar-refractivity contribution < 1.29 is 14.0 Å². The Bertz CT molecular complexity index is 1010. The summed E-state index contributed by atoms with van der Waals surface area (Å²) in [6.07, 6.45) is 0. The smallest absolute Gasteiger partial charge is 0.255 e. The molecule has 0 aromatic heterocycles. The highest BCUT2D eigenvalue weighted by Gasteiger charge is 2.12. The zero-order chi connectivity index (χ0) is 19.4. The standard InChI is InChI=1S/C22H19FN2O2/c1-14-9-10-20(11-15(14)2)25-22(27)17-6-3-5-16(12-17)21(26)24-19-8-4-7-18(23)13-19/h3-13H,1-2H3,(H,24,26)(H,25,27). The SMILES string of the molecule is Cc1ccc(NC(=O)c2cccc(C(=O)Nc3cccc(F)c3)c2)cc1C. The fourth-order valence-corrected chi connectivity index (χ4v) is 2.59. The van der Waals surface area contributed by atoms with Gasteiger partial charge in [-0.3, -0.25) is 9.59 Å². The van der Waals surface area contributed by atoms with Crippen molar-refractivity contribution in [1.29, 1.82) is 0 Å². The Morgan fingerprint density at radius 1 is 0.704 bits per heavy atom. The molecule has 0 radical (unpaired) electrons. The van der Waals surface area contributed by atoms with E-state index in [1.807, 2.05) is 32.0 Å². The van der Waals surface area contributed by atoms with Crippen LogP contribution in [0.4, 0.5) is 15.8 Å². The molecule has 0 aliphatic rings. The number of carbonyl (C=O) groups excluding carboxylic acids is 2. The second-order valence-corrected chi connectivity index (χ2v) is 6.30. The molecule has 0 spiro atoms. The van der Waals surface area contributed by atoms with Gasteiger partial charge in [-0.1, -0.05) is 18.2 Å². The van der Waals surface area contributed by atoms with Crippen LogP contribution in [0.5, 0.6) is 0 Å². The van der Waals surface area contributed by atoms with Crippen molar-refractivity contribution in [2.24, 2.45) is 0 Å². The molecule has 3 aromatic rings. The molecule has 3 aromatic carbocycles. The highest BCUT2D eigenvalue weighted by atomic mass is 19.1. The van der Waals surface area contributed by atoms with Crippen molar-refractivity contribution >= 4 is 23.2 Å². The maximum Gasteiger partial charge on any atom is 0.255 e. The number of anilines is 2. The number of carbonyl (C=O) groups is 2. The van der Waals surface area contributed by atoms with Crippen LogP contribution in [0.2, 0.25) is 0 Å². The van der Waals surface area contributed by atoms with E-state index < -0.39 is 11.7 Å². The van der Waals surface area contributed by atoms with Gasteiger partial charge in [0.2, 0.25) is 0 Å². The molecule has 2 amide bonds. The van der Waals surface area contributed by atoms with Crippen molar-refractivity contribution in [3.8, 4) is 0 Å². The highest BCUT2D eigenvalue weighted by Crippen LogP contribution is 2.16. The molecule has 0 bridgehead atoms. The monoisotopic (exact) mass is 362 g/mol. The quantitative estimate of drug-likeness (QED) is 0.690. The van der Waals surface area contributed by atoms with Crippen LogP contribution in [-0.4, -0.2) is 11.8 Å². The normalized spacial score (nSPS) is 10.3. The molecule has 0 fully saturated rings. The minimum absolute atomic E-state index is 0.307. The summed E-state index contributed by atoms with van der Waals surface area (Å²) in [6.45, 7) is 3.98. The van der Waals surface area contributed by atoms with Gasteiger partial charge >= 0.3 is 0 Å². The van der Waals surface area contributed by atoms with Crippen LogP contribution in [0.25, 0.3) is 0 Å². The van der Waals surface area contributed by atoms with Crippen molar-refractivity contribution in [1.82, 2.24) is 0 Å². The Morgan fingerprint density at radius 3 is 1.89 bits per heavy atom. The third-order valence-corrected chi connectivity index (χ3v) is 4.23. The summed E-state index contributed by atoms with van der Waals surface area (Å²) in [5, 5.41) is 5.45. The molecule has 136 valence electrons. The third kappa shape index (κ3) is 4.58. The first kappa shape index (κ1) is 18.3. The Kier molecular flexibility index (Phi) is 5.31. The summed E-state index contributed by atoms with van der Waals surface area (Å²) in [5.74, 6) is -1.16. The zero-order valence-electron chi connectivity index (χ0n) is 15.0. The first-order valence-electron chi connectivity index (χ1n) is 8.48. The lowest BCUT2D eigenvalue weighted by molar-refractivity contribution is 0.102. The number of nitrogens with one attached hydrogen (secondary N) is 2. The molecule has 0 saturated carbocycles. The van der Waals surface area contributed by atoms with E-state index in [0.717, 1.165) is 11.1 Å². The van der Waals surface area contributed by atoms with Gasteiger partial charge in [0, 0.05) is 22.5 Å². The minimum atomic E-state index is -0.436. The fourth-order valence-electron chi connectivity index (χ4n) is 2.59. The second kappa shape index (κ2) is 7.83. The molecular formula is C22H19FN2O2. The summed E-state index contributed by atoms with van der Waals surface area (Å²) in [4.78, 5) is 24.9. The van der Waals surface area contributed by atoms with Crippen LogP contribution in [0.1, 0.15) is 31.8 Å². The molecule has 2 N–H and O–H groups in total. The van der Waals surface area contributed by atoms with Gasteiger partial charge in [-0.2, -0.15) is 0 Å². The summed E-state index contributed by atoms with van der Waals surface area (Å²) >= 11 is 0. The molecular weight excluding hydrogens is 343 g/mol. The number of halogens is 1. The molecule has 5 heteroatoms. The Morgan fingerprint density at radius 2 is 1.30 bits per heavy atom. The van der Waals surface area contributed by atoms with Gasteiger partial charge in [-0.25, -0.2) is 4.39 Å². The molecule has 0 atom stereocenters. The maximum atomic E-state index is 13.2. The second-order valence-electron chi connectivity index (χ2n) is 6.30. The van der Waals surface area contributed by atoms with Crippen LogP contribution in [0.15, 0.2) is 66.7 Å². The van der Waals surface area contributed by atoms with Gasteiger partial charge in [0.05, 0.1) is 0 Å². The van der Waals surface area contributed by atoms with Gasteiger partial charge in [0.15, 0.2) is 0 Å². The lowest BCUT2D eigenvalue weighted by Gasteiger charge is -2.09. The van der Waals surface area contributed by atoms with Crippen LogP contribution in [-0.2, 0) is 0 Å². The van der Waals surface area contributed by atoms with Crippen LogP contribution in [0.3, 0.4) is 0 Å². The van der Waals surface area contributed by atoms with E-state index in [0.29, 0.717) is 22.5 Å². The lowest BCUT2D eigenvalue weighted by atomic mass is 10.1. The molecule has 0 aliphatic heterocycles. The van der Waals surface area contributed by atoms with Crippen molar-refractivity contribution in [2.45, 2.75) is 13.8 Å². The summed E-state index contributed by atoms with van der Waals surface area (Å²) in [7, 11) is 0. The van der Waals surface area contributed by atoms with E-state index in [4.69, 9.17) is 0 Å². The molecule has 0 saturated heterocycles. The molecule has 27 heavy (non-hydrogen) atoms. The number of aryl methyl sites for hydroxylation is 2. The number of benzene rings is 3. The zero-order valence-corrected chi connectivity index (χ0v) is 15.0. The first-order valence-corrected chi connectivity index (χ1v) is 8.48. The largest absolute Gasteiger partial charge is 0.322 e. The number of rotatable bonds is 4. The average Bonchev–Trinajstić information content (AvgIpc) is 2.65. The predicted octanol–water partition coefficient (Wildman–Crippen LogP) is 4.95. The Balaban J connectivity index is 1.75. The van der Waals surface area contributed by atoms with E-state index in [2.05, 4.69) is 10.6 Å². The number of hydrogen-bond acceptors (Lipinski definition) is 2. The fraction of sp³-hybridized carbons (Fsp3) is 0.0909. The molecule has 3 rings (SSSR count). The minimum Gasteiger partial charge on any atom is -0.322 e. The van der Waals surface area contributed by atoms with Gasteiger partial charge < -0.3 is 10.6 Å². The van der Waals surface area contributed by atoms with Crippen LogP contribution in [0, 0.1) is 19.7 Å². The van der Waals surface area contributed by atoms with E-state index in [1.54, 1.807) is 24.3 Å². The van der Waals surface area contributed by atoms with Gasteiger partial charge in [0.1, 0.15) is 5.82 Å². The topological polar surface area (TPSA) is 58.2 Å². The van der Waals surface area contributed by atoms with Crippen LogP contribution < -0.4 is 10.6 Å². The van der Waals surface area contributed by atoms with E-state index in [1.165, 1.54) is 24.3 Å². The molecule has 0 heterocycles. The van der Waals surface area contributed by atoms with Gasteiger partial charge in [0.25, 0.3) is 11.8 Å². The summed E-state index contributed by atoms with van der Waals surface area (Å²) in [5.41, 5.74) is 3.94. The number of hydrogen-bond donors (Lipinski definition) is 2. The Labute approximate surface area is 157 Å². The average molecular weight is 362 g/mol. The van der Waals surface area contributed by atoms with Crippen molar-refractivity contribution in [3.05, 3.63) is 94.8 Å². The predicted molar refractivity (Wildman–Crippen MR) is 105 cm³/mol. The van der Waals surface area contributed by atoms with Crippen molar-refractivity contribution in [3.63, 3.8) is 0 Å². The summed E-state index contributed by atoms with van der Waals surface area (Å²) in [6, 6.07) is 17.7. The Hall–Kier alpha value is -3.47. The third-order valence-electron chi connectivity index (χ3n) is 4.23. The maximum absolute atomic E-state index is 13.2. The molecule has 4 nitrogen and oxygen atoms in total. The molecule has 0 aliphatic carbocycles. The molecule has 0 unspecified atom stereocenters. The van der Waals surface area contributed by atoms with E-state index >= 15 is 0 Å². The first-order chi connectivity index (χ1) is 12.9. The summed E-state index contributed by atoms with van der Waals surface area (Å²) < 4.78 is 13.2. The van der Waals surface area contributed by atoms with Crippen LogP contribution >= 0.6 is 0 Å². The van der Waals surface area contributed by atoms with Gasteiger partial charge in [-0.05, 0) is 73.5 Å². The van der Waals surface area contributed by atoms with E-state index in [9.17, 15) is 14.0 Å². The van der Waals surface area contributed by atoms with Gasteiger partial charge in [-0.15, -0.1) is 0 Å². The van der Waals surface area contributed by atoms with E-state index in [-0.39, 0.29) is 5.91 Å².